The van der Waals surface area contributed by atoms with E-state index in [4.69, 9.17) is 0 Å². The van der Waals surface area contributed by atoms with Gasteiger partial charge in [0.05, 0.1) is 0 Å². The maximum absolute atomic E-state index is 13.8. The Morgan fingerprint density at radius 3 is 2.22 bits per heavy atom. The molecule has 0 saturated heterocycles. The Bertz CT molecular complexity index is 402. The molecular weight excluding hydrogens is 232 g/mol. The van der Waals surface area contributed by atoms with Crippen molar-refractivity contribution in [2.45, 2.75) is 53.1 Å². The van der Waals surface area contributed by atoms with E-state index >= 15 is 0 Å². The fraction of sp³-hybridized carbons (Fsp3) is 0.600. The lowest BCUT2D eigenvalue weighted by Gasteiger charge is -2.22. The second kappa shape index (κ2) is 6.28. The van der Waals surface area contributed by atoms with Gasteiger partial charge in [-0.15, -0.1) is 0 Å². The summed E-state index contributed by atoms with van der Waals surface area (Å²) in [5.74, 6) is -0.110. The molecule has 0 radical (unpaired) electrons. The molecule has 18 heavy (non-hydrogen) atoms. The predicted molar refractivity (Wildman–Crippen MR) is 71.6 cm³/mol. The fourth-order valence-corrected chi connectivity index (χ4v) is 2.29. The number of rotatable bonds is 5. The molecule has 1 rings (SSSR count). The Kier molecular flexibility index (Phi) is 5.27. The summed E-state index contributed by atoms with van der Waals surface area (Å²) in [5.41, 5.74) is 0.743. The fourth-order valence-electron chi connectivity index (χ4n) is 2.29. The van der Waals surface area contributed by atoms with E-state index in [1.165, 1.54) is 12.1 Å². The van der Waals surface area contributed by atoms with Crippen LogP contribution >= 0.6 is 0 Å². The van der Waals surface area contributed by atoms with Crippen molar-refractivity contribution in [2.75, 3.05) is 0 Å². The van der Waals surface area contributed by atoms with Crippen molar-refractivity contribution < 1.29 is 8.78 Å². The molecule has 1 aromatic carbocycles. The average Bonchev–Trinajstić information content (AvgIpc) is 2.21. The van der Waals surface area contributed by atoms with Gasteiger partial charge in [-0.05, 0) is 50.8 Å². The Balaban J connectivity index is 2.78. The summed E-state index contributed by atoms with van der Waals surface area (Å²) in [6, 6.07) is 2.65. The Labute approximate surface area is 109 Å². The van der Waals surface area contributed by atoms with Crippen molar-refractivity contribution in [1.29, 1.82) is 0 Å². The third kappa shape index (κ3) is 4.05. The number of nitrogens with one attached hydrogen (secondary N) is 1. The van der Waals surface area contributed by atoms with Crippen molar-refractivity contribution in [3.05, 3.63) is 34.9 Å². The average molecular weight is 255 g/mol. The van der Waals surface area contributed by atoms with Gasteiger partial charge in [0, 0.05) is 17.6 Å². The molecule has 2 atom stereocenters. The lowest BCUT2D eigenvalue weighted by molar-refractivity contribution is 0.399. The molecule has 3 heteroatoms. The van der Waals surface area contributed by atoms with Crippen LogP contribution < -0.4 is 5.32 Å². The number of halogens is 2. The third-order valence-electron chi connectivity index (χ3n) is 3.10. The summed E-state index contributed by atoms with van der Waals surface area (Å²) in [6.45, 7) is 9.80. The summed E-state index contributed by atoms with van der Waals surface area (Å²) in [4.78, 5) is 0. The standard InChI is InChI=1S/C15H23F2N/c1-9(2)6-11(4)18-12(5)13-8-14(16)10(3)7-15(13)17/h7-9,11-12,18H,6H2,1-5H3. The Morgan fingerprint density at radius 2 is 1.67 bits per heavy atom. The van der Waals surface area contributed by atoms with Gasteiger partial charge in [0.2, 0.25) is 0 Å². The van der Waals surface area contributed by atoms with Crippen LogP contribution in [0, 0.1) is 24.5 Å². The molecule has 0 heterocycles. The first-order valence-corrected chi connectivity index (χ1v) is 6.52. The summed E-state index contributed by atoms with van der Waals surface area (Å²) >= 11 is 0. The van der Waals surface area contributed by atoms with Gasteiger partial charge in [0.1, 0.15) is 11.6 Å². The first kappa shape index (κ1) is 15.1. The normalized spacial score (nSPS) is 14.9. The molecule has 1 N–H and O–H groups in total. The van der Waals surface area contributed by atoms with E-state index in [2.05, 4.69) is 26.1 Å². The first-order chi connectivity index (χ1) is 8.31. The van der Waals surface area contributed by atoms with Gasteiger partial charge < -0.3 is 5.32 Å². The van der Waals surface area contributed by atoms with Gasteiger partial charge in [0.25, 0.3) is 0 Å². The SMILES string of the molecule is Cc1cc(F)c(C(C)NC(C)CC(C)C)cc1F. The molecule has 0 aliphatic heterocycles. The lowest BCUT2D eigenvalue weighted by atomic mass is 10.0. The quantitative estimate of drug-likeness (QED) is 0.824. The highest BCUT2D eigenvalue weighted by Gasteiger charge is 2.16. The Morgan fingerprint density at radius 1 is 1.06 bits per heavy atom. The van der Waals surface area contributed by atoms with Gasteiger partial charge in [0.15, 0.2) is 0 Å². The summed E-state index contributed by atoms with van der Waals surface area (Å²) in [7, 11) is 0. The minimum absolute atomic E-state index is 0.186. The lowest BCUT2D eigenvalue weighted by Crippen LogP contribution is -2.30. The van der Waals surface area contributed by atoms with Crippen molar-refractivity contribution in [2.24, 2.45) is 5.92 Å². The topological polar surface area (TPSA) is 12.0 Å². The van der Waals surface area contributed by atoms with E-state index in [1.807, 2.05) is 6.92 Å². The number of aryl methyl sites for hydroxylation is 1. The zero-order valence-electron chi connectivity index (χ0n) is 11.8. The van der Waals surface area contributed by atoms with Crippen molar-refractivity contribution in [3.8, 4) is 0 Å². The van der Waals surface area contributed by atoms with Crippen LogP contribution in [0.5, 0.6) is 0 Å². The molecule has 0 aliphatic carbocycles. The third-order valence-corrected chi connectivity index (χ3v) is 3.10. The molecule has 0 saturated carbocycles. The molecule has 0 aliphatic rings. The monoisotopic (exact) mass is 255 g/mol. The molecule has 0 spiro atoms. The highest BCUT2D eigenvalue weighted by molar-refractivity contribution is 5.27. The highest BCUT2D eigenvalue weighted by Crippen LogP contribution is 2.21. The maximum atomic E-state index is 13.8. The maximum Gasteiger partial charge on any atom is 0.128 e. The molecule has 0 amide bonds. The molecule has 2 unspecified atom stereocenters. The van der Waals surface area contributed by atoms with Crippen LogP contribution in [0.1, 0.15) is 51.3 Å². The minimum atomic E-state index is -0.350. The van der Waals surface area contributed by atoms with E-state index in [0.717, 1.165) is 6.42 Å². The molecule has 1 nitrogen and oxygen atoms in total. The molecular formula is C15H23F2N. The van der Waals surface area contributed by atoms with E-state index in [1.54, 1.807) is 6.92 Å². The van der Waals surface area contributed by atoms with Gasteiger partial charge in [-0.25, -0.2) is 8.78 Å². The summed E-state index contributed by atoms with van der Waals surface area (Å²) < 4.78 is 27.3. The minimum Gasteiger partial charge on any atom is -0.308 e. The zero-order valence-corrected chi connectivity index (χ0v) is 11.8. The van der Waals surface area contributed by atoms with Crippen LogP contribution in [-0.2, 0) is 0 Å². The van der Waals surface area contributed by atoms with Gasteiger partial charge >= 0.3 is 0 Å². The molecule has 0 aromatic heterocycles. The summed E-state index contributed by atoms with van der Waals surface area (Å²) in [6.07, 6.45) is 1.01. The number of hydrogen-bond acceptors (Lipinski definition) is 1. The van der Waals surface area contributed by atoms with Crippen LogP contribution in [0.3, 0.4) is 0 Å². The van der Waals surface area contributed by atoms with Crippen molar-refractivity contribution in [3.63, 3.8) is 0 Å². The van der Waals surface area contributed by atoms with E-state index in [9.17, 15) is 8.78 Å². The van der Waals surface area contributed by atoms with Crippen LogP contribution in [0.4, 0.5) is 8.78 Å². The van der Waals surface area contributed by atoms with Gasteiger partial charge in [-0.1, -0.05) is 13.8 Å². The highest BCUT2D eigenvalue weighted by atomic mass is 19.1. The van der Waals surface area contributed by atoms with E-state index in [-0.39, 0.29) is 23.7 Å². The van der Waals surface area contributed by atoms with Crippen LogP contribution in [0.25, 0.3) is 0 Å². The molecule has 102 valence electrons. The van der Waals surface area contributed by atoms with Crippen LogP contribution in [-0.4, -0.2) is 6.04 Å². The molecule has 0 bridgehead atoms. The van der Waals surface area contributed by atoms with Crippen molar-refractivity contribution in [1.82, 2.24) is 5.32 Å². The van der Waals surface area contributed by atoms with Gasteiger partial charge in [-0.3, -0.25) is 0 Å². The predicted octanol–water partition coefficient (Wildman–Crippen LogP) is 4.36. The summed E-state index contributed by atoms with van der Waals surface area (Å²) in [5, 5.41) is 3.31. The zero-order chi connectivity index (χ0) is 13.9. The van der Waals surface area contributed by atoms with Crippen LogP contribution in [0.2, 0.25) is 0 Å². The van der Waals surface area contributed by atoms with Crippen LogP contribution in [0.15, 0.2) is 12.1 Å². The van der Waals surface area contributed by atoms with E-state index < -0.39 is 0 Å². The van der Waals surface area contributed by atoms with Gasteiger partial charge in [-0.2, -0.15) is 0 Å². The Hall–Kier alpha value is -0.960. The largest absolute Gasteiger partial charge is 0.308 e. The smallest absolute Gasteiger partial charge is 0.128 e. The second-order valence-electron chi connectivity index (χ2n) is 5.54. The number of hydrogen-bond donors (Lipinski definition) is 1. The first-order valence-electron chi connectivity index (χ1n) is 6.52. The van der Waals surface area contributed by atoms with Crippen molar-refractivity contribution >= 4 is 0 Å². The molecule has 0 fully saturated rings. The number of benzene rings is 1. The second-order valence-corrected chi connectivity index (χ2v) is 5.54. The molecule has 1 aromatic rings. The van der Waals surface area contributed by atoms with E-state index in [0.29, 0.717) is 17.0 Å².